The van der Waals surface area contributed by atoms with E-state index in [1.165, 1.54) is 10.8 Å². The summed E-state index contributed by atoms with van der Waals surface area (Å²) in [5.41, 5.74) is 17.6. The summed E-state index contributed by atoms with van der Waals surface area (Å²) in [7, 11) is 0. The first kappa shape index (κ1) is 16.5. The number of nitrogens with one attached hydrogen (secondary N) is 1. The molecule has 4 heteroatoms. The van der Waals surface area contributed by atoms with Gasteiger partial charge in [0, 0.05) is 22.9 Å². The summed E-state index contributed by atoms with van der Waals surface area (Å²) in [5.74, 6) is 1.99. The Hall–Kier alpha value is -3.66. The molecule has 5 N–H and O–H groups in total. The summed E-state index contributed by atoms with van der Waals surface area (Å²) in [6, 6.07) is 20.2. The van der Waals surface area contributed by atoms with Crippen LogP contribution in [0.5, 0.6) is 5.75 Å². The minimum absolute atomic E-state index is 0.705. The number of hydrogen-bond acceptors (Lipinski definition) is 4. The van der Waals surface area contributed by atoms with Crippen LogP contribution in [0.15, 0.2) is 84.3 Å². The summed E-state index contributed by atoms with van der Waals surface area (Å²) in [5, 5.41) is 5.75. The molecule has 0 saturated heterocycles. The number of nitrogens with two attached hydrogens (primary N) is 2. The van der Waals surface area contributed by atoms with Crippen molar-refractivity contribution >= 4 is 27.9 Å². The van der Waals surface area contributed by atoms with Gasteiger partial charge >= 0.3 is 0 Å². The van der Waals surface area contributed by atoms with Crippen molar-refractivity contribution in [1.82, 2.24) is 0 Å². The maximum Gasteiger partial charge on any atom is 0.150 e. The van der Waals surface area contributed by atoms with Crippen LogP contribution in [0.25, 0.3) is 22.2 Å². The van der Waals surface area contributed by atoms with Gasteiger partial charge in [-0.3, -0.25) is 0 Å². The molecule has 4 nitrogen and oxygen atoms in total. The highest BCUT2D eigenvalue weighted by Gasteiger charge is 2.19. The van der Waals surface area contributed by atoms with E-state index in [4.69, 9.17) is 16.2 Å². The number of hydrogen-bond donors (Lipinski definition) is 3. The Balaban J connectivity index is 0.000000122. The van der Waals surface area contributed by atoms with Crippen molar-refractivity contribution in [3.63, 3.8) is 0 Å². The first-order chi connectivity index (χ1) is 13.7. The third-order valence-corrected chi connectivity index (χ3v) is 5.29. The van der Waals surface area contributed by atoms with Crippen molar-refractivity contribution in [2.24, 2.45) is 11.5 Å². The molecule has 0 aromatic heterocycles. The Morgan fingerprint density at radius 3 is 2.29 bits per heavy atom. The van der Waals surface area contributed by atoms with Gasteiger partial charge < -0.3 is 21.5 Å². The monoisotopic (exact) mass is 367 g/mol. The molecule has 1 aliphatic heterocycles. The number of fused-ring (bicyclic) bond motifs is 1. The topological polar surface area (TPSA) is 73.3 Å². The van der Waals surface area contributed by atoms with Crippen molar-refractivity contribution in [3.8, 4) is 5.75 Å². The Bertz CT molecular complexity index is 1140. The van der Waals surface area contributed by atoms with Crippen LogP contribution in [-0.4, -0.2) is 0 Å². The molecule has 3 aromatic rings. The molecule has 1 heterocycles. The second-order valence-corrected chi connectivity index (χ2v) is 7.04. The molecule has 28 heavy (non-hydrogen) atoms. The lowest BCUT2D eigenvalue weighted by atomic mass is 10.0. The van der Waals surface area contributed by atoms with E-state index in [2.05, 4.69) is 29.6 Å². The first-order valence-corrected chi connectivity index (χ1v) is 9.43. The molecule has 0 radical (unpaired) electrons. The average molecular weight is 367 g/mol. The third kappa shape index (κ3) is 2.62. The average Bonchev–Trinajstić information content (AvgIpc) is 3.00. The number of benzene rings is 3. The van der Waals surface area contributed by atoms with Crippen LogP contribution in [0, 0.1) is 0 Å². The van der Waals surface area contributed by atoms with Crippen molar-refractivity contribution in [2.45, 2.75) is 12.8 Å². The molecule has 0 fully saturated rings. The van der Waals surface area contributed by atoms with Crippen molar-refractivity contribution in [1.29, 1.82) is 0 Å². The lowest BCUT2D eigenvalue weighted by molar-refractivity contribution is 0.393. The second kappa shape index (κ2) is 6.50. The smallest absolute Gasteiger partial charge is 0.150 e. The highest BCUT2D eigenvalue weighted by atomic mass is 16.5. The SMILES string of the molecule is C1=CC2=C(CC1)Oc1ccccc1N2.NC1=C(N)c2cccc3cccc1c23. The van der Waals surface area contributed by atoms with Crippen LogP contribution in [0.1, 0.15) is 24.0 Å². The Labute approximate surface area is 163 Å². The second-order valence-electron chi connectivity index (χ2n) is 7.04. The van der Waals surface area contributed by atoms with E-state index in [0.717, 1.165) is 46.9 Å². The summed E-state index contributed by atoms with van der Waals surface area (Å²) in [6.07, 6.45) is 6.33. The number of ether oxygens (including phenoxy) is 1. The molecule has 0 bridgehead atoms. The molecule has 0 unspecified atom stereocenters. The van der Waals surface area contributed by atoms with E-state index in [1.807, 2.05) is 48.5 Å². The molecule has 0 spiro atoms. The van der Waals surface area contributed by atoms with Gasteiger partial charge in [-0.1, -0.05) is 54.6 Å². The number of rotatable bonds is 0. The van der Waals surface area contributed by atoms with Gasteiger partial charge in [-0.25, -0.2) is 0 Å². The van der Waals surface area contributed by atoms with Crippen molar-refractivity contribution in [2.75, 3.05) is 5.32 Å². The predicted octanol–water partition coefficient (Wildman–Crippen LogP) is 4.95. The molecule has 3 aromatic carbocycles. The van der Waals surface area contributed by atoms with Crippen LogP contribution in [0.3, 0.4) is 0 Å². The molecular formula is C24H21N3O. The van der Waals surface area contributed by atoms with Gasteiger partial charge in [-0.15, -0.1) is 0 Å². The Morgan fingerprint density at radius 1 is 0.821 bits per heavy atom. The van der Waals surface area contributed by atoms with Crippen LogP contribution >= 0.6 is 0 Å². The fraction of sp³-hybridized carbons (Fsp3) is 0.0833. The number of anilines is 1. The molecular weight excluding hydrogens is 346 g/mol. The summed E-state index contributed by atoms with van der Waals surface area (Å²) < 4.78 is 5.80. The Morgan fingerprint density at radius 2 is 1.54 bits per heavy atom. The van der Waals surface area contributed by atoms with Gasteiger partial charge in [-0.05, 0) is 30.0 Å². The summed E-state index contributed by atoms with van der Waals surface area (Å²) >= 11 is 0. The van der Waals surface area contributed by atoms with E-state index < -0.39 is 0 Å². The standard InChI is InChI=1S/C12H10N2.C12H11NO/c13-11-8-5-1-3-7-4-2-6-9(10(7)8)12(11)14;1-3-7-11-9(5-1)13-10-6-2-4-8-12(10)14-11/h1-6H,13-14H2;1-3,5-7,13H,4,8H2. The van der Waals surface area contributed by atoms with Gasteiger partial charge in [0.2, 0.25) is 0 Å². The van der Waals surface area contributed by atoms with Gasteiger partial charge in [0.15, 0.2) is 0 Å². The number of para-hydroxylation sites is 2. The highest BCUT2D eigenvalue weighted by molar-refractivity contribution is 6.12. The Kier molecular flexibility index (Phi) is 3.83. The molecule has 3 aliphatic rings. The van der Waals surface area contributed by atoms with E-state index in [9.17, 15) is 0 Å². The molecule has 6 rings (SSSR count). The van der Waals surface area contributed by atoms with Gasteiger partial charge in [0.05, 0.1) is 22.8 Å². The molecule has 0 saturated carbocycles. The van der Waals surface area contributed by atoms with Crippen molar-refractivity contribution < 1.29 is 4.74 Å². The minimum atomic E-state index is 0.705. The van der Waals surface area contributed by atoms with E-state index in [0.29, 0.717) is 11.4 Å². The van der Waals surface area contributed by atoms with Gasteiger partial charge in [0.25, 0.3) is 0 Å². The fourth-order valence-corrected chi connectivity index (χ4v) is 3.88. The normalized spacial score (nSPS) is 16.0. The number of allylic oxidation sites excluding steroid dienone is 3. The maximum absolute atomic E-state index is 5.94. The highest BCUT2D eigenvalue weighted by Crippen LogP contribution is 2.37. The predicted molar refractivity (Wildman–Crippen MR) is 115 cm³/mol. The zero-order valence-electron chi connectivity index (χ0n) is 15.4. The zero-order chi connectivity index (χ0) is 19.1. The summed E-state index contributed by atoms with van der Waals surface area (Å²) in [4.78, 5) is 0. The molecule has 0 atom stereocenters. The van der Waals surface area contributed by atoms with E-state index in [-0.39, 0.29) is 0 Å². The zero-order valence-corrected chi connectivity index (χ0v) is 15.4. The quantitative estimate of drug-likeness (QED) is 0.526. The van der Waals surface area contributed by atoms with Gasteiger partial charge in [0.1, 0.15) is 11.5 Å². The molecule has 138 valence electrons. The van der Waals surface area contributed by atoms with Crippen LogP contribution in [0.4, 0.5) is 5.69 Å². The maximum atomic E-state index is 5.94. The minimum Gasteiger partial charge on any atom is -0.457 e. The van der Waals surface area contributed by atoms with Gasteiger partial charge in [-0.2, -0.15) is 0 Å². The fourth-order valence-electron chi connectivity index (χ4n) is 3.88. The molecule has 0 amide bonds. The largest absolute Gasteiger partial charge is 0.457 e. The molecule has 2 aliphatic carbocycles. The van der Waals surface area contributed by atoms with Crippen LogP contribution in [-0.2, 0) is 0 Å². The van der Waals surface area contributed by atoms with Crippen LogP contribution < -0.4 is 21.5 Å². The lowest BCUT2D eigenvalue weighted by Crippen LogP contribution is -2.14. The van der Waals surface area contributed by atoms with E-state index in [1.54, 1.807) is 0 Å². The lowest BCUT2D eigenvalue weighted by Gasteiger charge is -2.25. The third-order valence-electron chi connectivity index (χ3n) is 5.29. The van der Waals surface area contributed by atoms with Crippen LogP contribution in [0.2, 0.25) is 0 Å². The van der Waals surface area contributed by atoms with E-state index >= 15 is 0 Å². The summed E-state index contributed by atoms with van der Waals surface area (Å²) in [6.45, 7) is 0. The first-order valence-electron chi connectivity index (χ1n) is 9.43. The van der Waals surface area contributed by atoms with Crippen molar-refractivity contribution in [3.05, 3.63) is 95.4 Å².